The summed E-state index contributed by atoms with van der Waals surface area (Å²) in [5.41, 5.74) is 1.01. The van der Waals surface area contributed by atoms with E-state index >= 15 is 0 Å². The Labute approximate surface area is 102 Å². The van der Waals surface area contributed by atoms with Gasteiger partial charge in [-0.15, -0.1) is 0 Å². The molecule has 0 bridgehead atoms. The molecule has 1 aliphatic heterocycles. The second kappa shape index (κ2) is 5.51. The van der Waals surface area contributed by atoms with E-state index in [2.05, 4.69) is 22.1 Å². The van der Waals surface area contributed by atoms with Crippen molar-refractivity contribution in [2.45, 2.75) is 25.8 Å². The Balaban J connectivity index is 1.89. The monoisotopic (exact) mass is 239 g/mol. The Hall–Kier alpha value is -0.800. The van der Waals surface area contributed by atoms with E-state index in [0.717, 1.165) is 12.2 Å². The maximum atomic E-state index is 6.06. The van der Waals surface area contributed by atoms with E-state index < -0.39 is 0 Å². The molecule has 0 atom stereocenters. The molecule has 0 saturated carbocycles. The number of anilines is 1. The van der Waals surface area contributed by atoms with Crippen LogP contribution in [-0.4, -0.2) is 35.6 Å². The van der Waals surface area contributed by atoms with Crippen LogP contribution in [0.25, 0.3) is 0 Å². The number of rotatable bonds is 3. The molecule has 2 heterocycles. The zero-order valence-corrected chi connectivity index (χ0v) is 10.4. The molecule has 0 amide bonds. The summed E-state index contributed by atoms with van der Waals surface area (Å²) < 4.78 is 0. The third-order valence-electron chi connectivity index (χ3n) is 3.17. The summed E-state index contributed by atoms with van der Waals surface area (Å²) in [5.74, 6) is 0. The Morgan fingerprint density at radius 2 is 2.25 bits per heavy atom. The van der Waals surface area contributed by atoms with Crippen LogP contribution in [0.2, 0.25) is 5.02 Å². The van der Waals surface area contributed by atoms with Crippen molar-refractivity contribution >= 4 is 17.3 Å². The quantitative estimate of drug-likeness (QED) is 0.879. The van der Waals surface area contributed by atoms with Crippen molar-refractivity contribution in [2.75, 3.05) is 25.0 Å². The van der Waals surface area contributed by atoms with Gasteiger partial charge in [0.2, 0.25) is 0 Å². The van der Waals surface area contributed by atoms with Gasteiger partial charge in [0.25, 0.3) is 0 Å². The third-order valence-corrected chi connectivity index (χ3v) is 3.47. The van der Waals surface area contributed by atoms with Crippen molar-refractivity contribution in [2.24, 2.45) is 0 Å². The fourth-order valence-corrected chi connectivity index (χ4v) is 2.28. The SMILES string of the molecule is CCN1CCC(Nc2ccncc2Cl)CC1. The molecule has 0 aliphatic carbocycles. The van der Waals surface area contributed by atoms with E-state index in [0.29, 0.717) is 11.1 Å². The van der Waals surface area contributed by atoms with Gasteiger partial charge in [0.05, 0.1) is 10.7 Å². The van der Waals surface area contributed by atoms with Gasteiger partial charge in [0, 0.05) is 31.5 Å². The number of halogens is 1. The maximum absolute atomic E-state index is 6.06. The zero-order chi connectivity index (χ0) is 11.4. The molecule has 1 aliphatic rings. The number of hydrogen-bond donors (Lipinski definition) is 1. The molecule has 2 rings (SSSR count). The van der Waals surface area contributed by atoms with Gasteiger partial charge < -0.3 is 10.2 Å². The third kappa shape index (κ3) is 2.86. The van der Waals surface area contributed by atoms with Gasteiger partial charge >= 0.3 is 0 Å². The zero-order valence-electron chi connectivity index (χ0n) is 9.62. The fraction of sp³-hybridized carbons (Fsp3) is 0.583. The minimum atomic E-state index is 0.544. The highest BCUT2D eigenvalue weighted by Crippen LogP contribution is 2.22. The van der Waals surface area contributed by atoms with Crippen molar-refractivity contribution < 1.29 is 0 Å². The number of piperidine rings is 1. The van der Waals surface area contributed by atoms with E-state index in [-0.39, 0.29) is 0 Å². The number of likely N-dealkylation sites (tertiary alicyclic amines) is 1. The van der Waals surface area contributed by atoms with Crippen molar-refractivity contribution in [3.05, 3.63) is 23.5 Å². The van der Waals surface area contributed by atoms with Gasteiger partial charge in [-0.25, -0.2) is 0 Å². The minimum Gasteiger partial charge on any atom is -0.381 e. The average Bonchev–Trinajstić information content (AvgIpc) is 2.33. The van der Waals surface area contributed by atoms with E-state index in [4.69, 9.17) is 11.6 Å². The van der Waals surface area contributed by atoms with Crippen molar-refractivity contribution in [1.29, 1.82) is 0 Å². The van der Waals surface area contributed by atoms with Gasteiger partial charge in [-0.05, 0) is 25.5 Å². The van der Waals surface area contributed by atoms with Crippen molar-refractivity contribution in [3.8, 4) is 0 Å². The lowest BCUT2D eigenvalue weighted by molar-refractivity contribution is 0.229. The van der Waals surface area contributed by atoms with Crippen LogP contribution in [0.3, 0.4) is 0 Å². The molecule has 0 unspecified atom stereocenters. The number of nitrogens with zero attached hydrogens (tertiary/aromatic N) is 2. The van der Waals surface area contributed by atoms with Crippen molar-refractivity contribution in [3.63, 3.8) is 0 Å². The van der Waals surface area contributed by atoms with E-state index in [1.807, 2.05) is 6.07 Å². The Morgan fingerprint density at radius 1 is 1.50 bits per heavy atom. The van der Waals surface area contributed by atoms with Crippen molar-refractivity contribution in [1.82, 2.24) is 9.88 Å². The van der Waals surface area contributed by atoms with Crippen LogP contribution in [-0.2, 0) is 0 Å². The highest BCUT2D eigenvalue weighted by Gasteiger charge is 2.18. The fourth-order valence-electron chi connectivity index (χ4n) is 2.11. The first kappa shape index (κ1) is 11.7. The number of nitrogens with one attached hydrogen (secondary N) is 1. The molecule has 0 spiro atoms. The molecular weight excluding hydrogens is 222 g/mol. The number of aromatic nitrogens is 1. The summed E-state index contributed by atoms with van der Waals surface area (Å²) in [6.45, 7) is 5.73. The predicted molar refractivity (Wildman–Crippen MR) is 68.0 cm³/mol. The lowest BCUT2D eigenvalue weighted by atomic mass is 10.0. The molecule has 1 saturated heterocycles. The molecule has 3 nitrogen and oxygen atoms in total. The summed E-state index contributed by atoms with van der Waals surface area (Å²) in [6.07, 6.45) is 5.83. The minimum absolute atomic E-state index is 0.544. The molecule has 16 heavy (non-hydrogen) atoms. The second-order valence-corrected chi connectivity index (χ2v) is 4.62. The van der Waals surface area contributed by atoms with E-state index in [1.165, 1.54) is 25.9 Å². The van der Waals surface area contributed by atoms with Crippen LogP contribution < -0.4 is 5.32 Å². The van der Waals surface area contributed by atoms with Crippen LogP contribution >= 0.6 is 11.6 Å². The first-order chi connectivity index (χ1) is 7.79. The molecule has 1 N–H and O–H groups in total. The summed E-state index contributed by atoms with van der Waals surface area (Å²) in [5, 5.41) is 4.20. The van der Waals surface area contributed by atoms with Crippen LogP contribution in [0.1, 0.15) is 19.8 Å². The summed E-state index contributed by atoms with van der Waals surface area (Å²) in [6, 6.07) is 2.48. The summed E-state index contributed by atoms with van der Waals surface area (Å²) in [4.78, 5) is 6.46. The molecule has 4 heteroatoms. The Kier molecular flexibility index (Phi) is 4.02. The summed E-state index contributed by atoms with van der Waals surface area (Å²) >= 11 is 6.06. The normalized spacial score (nSPS) is 18.6. The van der Waals surface area contributed by atoms with Crippen LogP contribution in [0.4, 0.5) is 5.69 Å². The number of hydrogen-bond acceptors (Lipinski definition) is 3. The first-order valence-electron chi connectivity index (χ1n) is 5.88. The molecule has 0 aromatic carbocycles. The van der Waals surface area contributed by atoms with Crippen LogP contribution in [0, 0.1) is 0 Å². The Bertz CT molecular complexity index is 335. The lowest BCUT2D eigenvalue weighted by Gasteiger charge is -2.32. The lowest BCUT2D eigenvalue weighted by Crippen LogP contribution is -2.38. The van der Waals surface area contributed by atoms with E-state index in [1.54, 1.807) is 12.4 Å². The van der Waals surface area contributed by atoms with Gasteiger partial charge in [-0.1, -0.05) is 18.5 Å². The standard InChI is InChI=1S/C12H18ClN3/c1-2-16-7-4-10(5-8-16)15-12-3-6-14-9-11(12)13/h3,6,9-10H,2,4-5,7-8H2,1H3,(H,14,15). The molecule has 1 aromatic rings. The topological polar surface area (TPSA) is 28.2 Å². The van der Waals surface area contributed by atoms with Gasteiger partial charge in [0.15, 0.2) is 0 Å². The smallest absolute Gasteiger partial charge is 0.0820 e. The largest absolute Gasteiger partial charge is 0.381 e. The van der Waals surface area contributed by atoms with Crippen LogP contribution in [0.5, 0.6) is 0 Å². The molecule has 88 valence electrons. The molecule has 0 radical (unpaired) electrons. The van der Waals surface area contributed by atoms with Gasteiger partial charge in [-0.3, -0.25) is 4.98 Å². The Morgan fingerprint density at radius 3 is 2.88 bits per heavy atom. The highest BCUT2D eigenvalue weighted by atomic mass is 35.5. The molecule has 1 fully saturated rings. The highest BCUT2D eigenvalue weighted by molar-refractivity contribution is 6.33. The predicted octanol–water partition coefficient (Wildman–Crippen LogP) is 2.63. The number of pyridine rings is 1. The molecule has 1 aromatic heterocycles. The van der Waals surface area contributed by atoms with Gasteiger partial charge in [-0.2, -0.15) is 0 Å². The average molecular weight is 240 g/mol. The van der Waals surface area contributed by atoms with E-state index in [9.17, 15) is 0 Å². The molecular formula is C12H18ClN3. The van der Waals surface area contributed by atoms with Crippen LogP contribution in [0.15, 0.2) is 18.5 Å². The second-order valence-electron chi connectivity index (χ2n) is 4.21. The maximum Gasteiger partial charge on any atom is 0.0820 e. The summed E-state index contributed by atoms with van der Waals surface area (Å²) in [7, 11) is 0. The van der Waals surface area contributed by atoms with Gasteiger partial charge in [0.1, 0.15) is 0 Å². The first-order valence-corrected chi connectivity index (χ1v) is 6.25.